The Labute approximate surface area is 176 Å². The number of nitrogens with one attached hydrogen (secondary N) is 2. The van der Waals surface area contributed by atoms with Crippen molar-refractivity contribution in [2.24, 2.45) is 0 Å². The standard InChI is InChI=1S/C24H28N4O2/c1-16(2)17-8-3-4-9-18(17)25-22(29)13-14-23(30)28-15-7-12-21(28)24-26-19-10-5-6-11-20(19)27-24/h3-6,8-11,16,21H,7,12-15H2,1-2H3,(H,25,29)(H,26,27)/t21-/m1/s1. The van der Waals surface area contributed by atoms with Crippen LogP contribution < -0.4 is 5.32 Å². The molecule has 1 aromatic heterocycles. The summed E-state index contributed by atoms with van der Waals surface area (Å²) in [5.41, 5.74) is 3.82. The molecule has 0 spiro atoms. The fraction of sp³-hybridized carbons (Fsp3) is 0.375. The maximum Gasteiger partial charge on any atom is 0.224 e. The van der Waals surface area contributed by atoms with Gasteiger partial charge in [-0.1, -0.05) is 44.2 Å². The van der Waals surface area contributed by atoms with Crippen LogP contribution in [-0.2, 0) is 9.59 Å². The molecule has 6 heteroatoms. The van der Waals surface area contributed by atoms with Crippen molar-refractivity contribution >= 4 is 28.5 Å². The Balaban J connectivity index is 1.38. The largest absolute Gasteiger partial charge is 0.340 e. The van der Waals surface area contributed by atoms with Gasteiger partial charge >= 0.3 is 0 Å². The summed E-state index contributed by atoms with van der Waals surface area (Å²) < 4.78 is 0. The first kappa shape index (κ1) is 20.1. The van der Waals surface area contributed by atoms with Gasteiger partial charge in [0.2, 0.25) is 11.8 Å². The summed E-state index contributed by atoms with van der Waals surface area (Å²) in [6.07, 6.45) is 2.21. The zero-order chi connectivity index (χ0) is 21.1. The summed E-state index contributed by atoms with van der Waals surface area (Å²) in [7, 11) is 0. The van der Waals surface area contributed by atoms with Crippen LogP contribution in [0.3, 0.4) is 0 Å². The predicted molar refractivity (Wildman–Crippen MR) is 118 cm³/mol. The molecule has 2 amide bonds. The molecule has 1 aliphatic heterocycles. The number of H-pyrrole nitrogens is 1. The Kier molecular flexibility index (Phi) is 5.84. The third-order valence-corrected chi connectivity index (χ3v) is 5.72. The van der Waals surface area contributed by atoms with E-state index in [0.29, 0.717) is 12.5 Å². The molecule has 0 aliphatic carbocycles. The highest BCUT2D eigenvalue weighted by molar-refractivity contribution is 5.94. The fourth-order valence-electron chi connectivity index (χ4n) is 4.17. The van der Waals surface area contributed by atoms with E-state index in [1.165, 1.54) is 0 Å². The minimum Gasteiger partial charge on any atom is -0.340 e. The molecular weight excluding hydrogens is 376 g/mol. The van der Waals surface area contributed by atoms with Crippen LogP contribution in [0.1, 0.15) is 62.9 Å². The molecule has 0 unspecified atom stereocenters. The van der Waals surface area contributed by atoms with E-state index in [-0.39, 0.29) is 30.7 Å². The first-order valence-corrected chi connectivity index (χ1v) is 10.7. The van der Waals surface area contributed by atoms with E-state index in [1.807, 2.05) is 53.4 Å². The number of amides is 2. The van der Waals surface area contributed by atoms with Gasteiger partial charge in [-0.3, -0.25) is 9.59 Å². The van der Waals surface area contributed by atoms with Gasteiger partial charge in [-0.15, -0.1) is 0 Å². The predicted octanol–water partition coefficient (Wildman–Crippen LogP) is 4.77. The molecule has 6 nitrogen and oxygen atoms in total. The number of hydrogen-bond acceptors (Lipinski definition) is 3. The smallest absolute Gasteiger partial charge is 0.224 e. The molecule has 1 fully saturated rings. The van der Waals surface area contributed by atoms with E-state index in [2.05, 4.69) is 29.1 Å². The Morgan fingerprint density at radius 3 is 2.70 bits per heavy atom. The maximum atomic E-state index is 12.9. The molecule has 1 saturated heterocycles. The van der Waals surface area contributed by atoms with Crippen molar-refractivity contribution in [3.8, 4) is 0 Å². The monoisotopic (exact) mass is 404 g/mol. The number of likely N-dealkylation sites (tertiary alicyclic amines) is 1. The number of carbonyl (C=O) groups excluding carboxylic acids is 2. The SMILES string of the molecule is CC(C)c1ccccc1NC(=O)CCC(=O)N1CCC[C@@H]1c1nc2ccccc2[nH]1. The lowest BCUT2D eigenvalue weighted by atomic mass is 10.0. The molecular formula is C24H28N4O2. The minimum atomic E-state index is -0.129. The molecule has 30 heavy (non-hydrogen) atoms. The van der Waals surface area contributed by atoms with E-state index in [0.717, 1.165) is 41.0 Å². The summed E-state index contributed by atoms with van der Waals surface area (Å²) >= 11 is 0. The molecule has 2 N–H and O–H groups in total. The summed E-state index contributed by atoms with van der Waals surface area (Å²) in [6, 6.07) is 15.7. The molecule has 3 aromatic rings. The molecule has 1 atom stereocenters. The van der Waals surface area contributed by atoms with Crippen molar-refractivity contribution in [2.45, 2.75) is 51.5 Å². The Bertz CT molecular complexity index is 1020. The van der Waals surface area contributed by atoms with E-state index in [1.54, 1.807) is 0 Å². The van der Waals surface area contributed by atoms with Crippen molar-refractivity contribution in [3.63, 3.8) is 0 Å². The van der Waals surface area contributed by atoms with Gasteiger partial charge in [-0.25, -0.2) is 4.98 Å². The lowest BCUT2D eigenvalue weighted by Gasteiger charge is -2.23. The van der Waals surface area contributed by atoms with Crippen LogP contribution in [0.15, 0.2) is 48.5 Å². The summed E-state index contributed by atoms with van der Waals surface area (Å²) in [5, 5.41) is 2.97. The number of aromatic amines is 1. The van der Waals surface area contributed by atoms with Gasteiger partial charge in [0.25, 0.3) is 0 Å². The first-order valence-electron chi connectivity index (χ1n) is 10.7. The Morgan fingerprint density at radius 1 is 1.13 bits per heavy atom. The van der Waals surface area contributed by atoms with Crippen LogP contribution in [0.5, 0.6) is 0 Å². The first-order chi connectivity index (χ1) is 14.5. The minimum absolute atomic E-state index is 0.00486. The van der Waals surface area contributed by atoms with Gasteiger partial charge in [0.05, 0.1) is 17.1 Å². The van der Waals surface area contributed by atoms with Crippen LogP contribution in [0, 0.1) is 0 Å². The highest BCUT2D eigenvalue weighted by Crippen LogP contribution is 2.32. The molecule has 2 heterocycles. The van der Waals surface area contributed by atoms with Crippen LogP contribution in [-0.4, -0.2) is 33.2 Å². The quantitative estimate of drug-likeness (QED) is 0.621. The topological polar surface area (TPSA) is 78.1 Å². The van der Waals surface area contributed by atoms with Crippen molar-refractivity contribution in [3.05, 3.63) is 59.9 Å². The average molecular weight is 405 g/mol. The van der Waals surface area contributed by atoms with E-state index in [4.69, 9.17) is 0 Å². The lowest BCUT2D eigenvalue weighted by Crippen LogP contribution is -2.31. The second-order valence-electron chi connectivity index (χ2n) is 8.17. The molecule has 0 bridgehead atoms. The van der Waals surface area contributed by atoms with E-state index in [9.17, 15) is 9.59 Å². The summed E-state index contributed by atoms with van der Waals surface area (Å²) in [4.78, 5) is 35.3. The molecule has 0 radical (unpaired) electrons. The number of carbonyl (C=O) groups is 2. The van der Waals surface area contributed by atoms with Crippen molar-refractivity contribution in [1.29, 1.82) is 0 Å². The highest BCUT2D eigenvalue weighted by atomic mass is 16.2. The van der Waals surface area contributed by atoms with Crippen molar-refractivity contribution in [1.82, 2.24) is 14.9 Å². The number of anilines is 1. The molecule has 156 valence electrons. The summed E-state index contributed by atoms with van der Waals surface area (Å²) in [5.74, 6) is 1.02. The third kappa shape index (κ3) is 4.22. The maximum absolute atomic E-state index is 12.9. The third-order valence-electron chi connectivity index (χ3n) is 5.72. The lowest BCUT2D eigenvalue weighted by molar-refractivity contribution is -0.133. The molecule has 1 aliphatic rings. The number of nitrogens with zero attached hydrogens (tertiary/aromatic N) is 2. The van der Waals surface area contributed by atoms with Crippen LogP contribution in [0.4, 0.5) is 5.69 Å². The normalized spacial score (nSPS) is 16.4. The van der Waals surface area contributed by atoms with Crippen molar-refractivity contribution < 1.29 is 9.59 Å². The average Bonchev–Trinajstić information content (AvgIpc) is 3.39. The van der Waals surface area contributed by atoms with Crippen LogP contribution in [0.2, 0.25) is 0 Å². The second kappa shape index (κ2) is 8.69. The van der Waals surface area contributed by atoms with Crippen LogP contribution >= 0.6 is 0 Å². The number of hydrogen-bond donors (Lipinski definition) is 2. The van der Waals surface area contributed by atoms with Gasteiger partial charge in [-0.2, -0.15) is 0 Å². The summed E-state index contributed by atoms with van der Waals surface area (Å²) in [6.45, 7) is 4.90. The number of rotatable bonds is 6. The Hall–Kier alpha value is -3.15. The number of para-hydroxylation sites is 3. The zero-order valence-corrected chi connectivity index (χ0v) is 17.5. The molecule has 2 aromatic carbocycles. The van der Waals surface area contributed by atoms with Crippen molar-refractivity contribution in [2.75, 3.05) is 11.9 Å². The molecule has 4 rings (SSSR count). The van der Waals surface area contributed by atoms with Gasteiger partial charge < -0.3 is 15.2 Å². The van der Waals surface area contributed by atoms with Gasteiger partial charge in [0, 0.05) is 25.1 Å². The number of fused-ring (bicyclic) bond motifs is 1. The number of benzene rings is 2. The fourth-order valence-corrected chi connectivity index (χ4v) is 4.17. The van der Waals surface area contributed by atoms with E-state index >= 15 is 0 Å². The second-order valence-corrected chi connectivity index (χ2v) is 8.17. The number of aromatic nitrogens is 2. The van der Waals surface area contributed by atoms with Gasteiger partial charge in [0.1, 0.15) is 5.82 Å². The highest BCUT2D eigenvalue weighted by Gasteiger charge is 2.32. The van der Waals surface area contributed by atoms with Crippen LogP contribution in [0.25, 0.3) is 11.0 Å². The number of imidazole rings is 1. The Morgan fingerprint density at radius 2 is 1.90 bits per heavy atom. The van der Waals surface area contributed by atoms with Gasteiger partial charge in [0.15, 0.2) is 0 Å². The molecule has 0 saturated carbocycles. The van der Waals surface area contributed by atoms with Gasteiger partial charge in [-0.05, 0) is 42.5 Å². The zero-order valence-electron chi connectivity index (χ0n) is 17.5. The van der Waals surface area contributed by atoms with E-state index < -0.39 is 0 Å².